The van der Waals surface area contributed by atoms with E-state index in [-0.39, 0.29) is 11.9 Å². The highest BCUT2D eigenvalue weighted by Crippen LogP contribution is 2.10. The van der Waals surface area contributed by atoms with Gasteiger partial charge in [0.1, 0.15) is 13.2 Å². The lowest BCUT2D eigenvalue weighted by Crippen LogP contribution is -2.14. The maximum atomic E-state index is 11.9. The molecule has 0 saturated carbocycles. The fourth-order valence-electron chi connectivity index (χ4n) is 4.20. The molecular weight excluding hydrogens is 486 g/mol. The zero-order valence-corrected chi connectivity index (χ0v) is 24.9. The summed E-state index contributed by atoms with van der Waals surface area (Å²) < 4.78 is 10.5. The van der Waals surface area contributed by atoms with E-state index in [0.717, 1.165) is 70.9 Å². The number of carbonyl (C=O) groups is 2. The summed E-state index contributed by atoms with van der Waals surface area (Å²) in [6.07, 6.45) is 24.5. The van der Waals surface area contributed by atoms with E-state index in [9.17, 15) is 9.59 Å². The molecule has 0 atom stereocenters. The van der Waals surface area contributed by atoms with Gasteiger partial charge in [0.15, 0.2) is 0 Å². The topological polar surface area (TPSA) is 64.6 Å². The average Bonchev–Trinajstić information content (AvgIpc) is 2.94. The third-order valence-corrected chi connectivity index (χ3v) is 6.63. The number of unbranched alkanes of at least 4 members (excludes halogenated alkanes) is 9. The van der Waals surface area contributed by atoms with Crippen molar-refractivity contribution in [3.63, 3.8) is 0 Å². The summed E-state index contributed by atoms with van der Waals surface area (Å²) in [4.78, 5) is 23.6. The van der Waals surface area contributed by atoms with Crippen molar-refractivity contribution in [2.45, 2.75) is 123 Å². The van der Waals surface area contributed by atoms with Gasteiger partial charge in [-0.3, -0.25) is 9.59 Å². The second-order valence-corrected chi connectivity index (χ2v) is 10.3. The standard InChI is InChI=1S/C34H55NO4/c1-3-5-7-9-10-14-18-29-39-34(37)22-19-20-31-23-25-32(26-24-31)30-35-27-16-13-11-12-15-21-33(36)38-28-17-8-6-4-2/h8,14,17-18,23-26,35H,3-7,9-13,15-16,19-22,27-30H2,1-2H3/b17-8-,18-14-. The number of aryl methyl sites for hydroxylation is 1. The van der Waals surface area contributed by atoms with Crippen LogP contribution < -0.4 is 5.32 Å². The zero-order valence-electron chi connectivity index (χ0n) is 24.9. The maximum Gasteiger partial charge on any atom is 0.306 e. The van der Waals surface area contributed by atoms with E-state index in [0.29, 0.717) is 26.1 Å². The molecule has 0 spiro atoms. The lowest BCUT2D eigenvalue weighted by Gasteiger charge is -2.07. The van der Waals surface area contributed by atoms with Crippen LogP contribution in [0.1, 0.15) is 121 Å². The highest BCUT2D eigenvalue weighted by atomic mass is 16.5. The Morgan fingerprint density at radius 1 is 0.641 bits per heavy atom. The Kier molecular flexibility index (Phi) is 23.0. The van der Waals surface area contributed by atoms with Crippen molar-refractivity contribution in [3.8, 4) is 0 Å². The molecule has 39 heavy (non-hydrogen) atoms. The summed E-state index contributed by atoms with van der Waals surface area (Å²) in [5, 5.41) is 3.52. The number of hydrogen-bond acceptors (Lipinski definition) is 5. The molecule has 0 radical (unpaired) electrons. The molecule has 1 aromatic carbocycles. The fraction of sp³-hybridized carbons (Fsp3) is 0.647. The second-order valence-electron chi connectivity index (χ2n) is 10.3. The molecular formula is C34H55NO4. The van der Waals surface area contributed by atoms with Crippen molar-refractivity contribution >= 4 is 11.9 Å². The summed E-state index contributed by atoms with van der Waals surface area (Å²) >= 11 is 0. The lowest BCUT2D eigenvalue weighted by atomic mass is 10.1. The van der Waals surface area contributed by atoms with Gasteiger partial charge in [-0.05, 0) is 62.6 Å². The molecule has 5 heteroatoms. The van der Waals surface area contributed by atoms with E-state index in [1.165, 1.54) is 43.2 Å². The average molecular weight is 542 g/mol. The van der Waals surface area contributed by atoms with Crippen LogP contribution in [0.25, 0.3) is 0 Å². The van der Waals surface area contributed by atoms with Crippen LogP contribution in [0.5, 0.6) is 0 Å². The number of nitrogens with one attached hydrogen (secondary N) is 1. The first-order chi connectivity index (χ1) is 19.2. The zero-order chi connectivity index (χ0) is 28.2. The van der Waals surface area contributed by atoms with E-state index < -0.39 is 0 Å². The smallest absolute Gasteiger partial charge is 0.306 e. The Bertz CT molecular complexity index is 785. The largest absolute Gasteiger partial charge is 0.461 e. The number of allylic oxidation sites excluding steroid dienone is 2. The first-order valence-corrected chi connectivity index (χ1v) is 15.6. The summed E-state index contributed by atoms with van der Waals surface area (Å²) in [5.41, 5.74) is 2.54. The maximum absolute atomic E-state index is 11.9. The third-order valence-electron chi connectivity index (χ3n) is 6.63. The minimum atomic E-state index is -0.111. The van der Waals surface area contributed by atoms with E-state index >= 15 is 0 Å². The number of hydrogen-bond donors (Lipinski definition) is 1. The summed E-state index contributed by atoms with van der Waals surface area (Å²) in [5.74, 6) is -0.196. The number of ether oxygens (including phenoxy) is 2. The normalized spacial score (nSPS) is 11.4. The highest BCUT2D eigenvalue weighted by Gasteiger charge is 2.03. The Morgan fingerprint density at radius 3 is 1.92 bits per heavy atom. The fourth-order valence-corrected chi connectivity index (χ4v) is 4.20. The molecule has 0 amide bonds. The monoisotopic (exact) mass is 541 g/mol. The molecule has 0 aliphatic carbocycles. The van der Waals surface area contributed by atoms with Gasteiger partial charge in [-0.15, -0.1) is 0 Å². The number of carbonyl (C=O) groups excluding carboxylic acids is 2. The van der Waals surface area contributed by atoms with Gasteiger partial charge < -0.3 is 14.8 Å². The Hall–Kier alpha value is -2.40. The van der Waals surface area contributed by atoms with Gasteiger partial charge in [0.2, 0.25) is 0 Å². The SMILES string of the molecule is CCC/C=C\COC(=O)CCCCCCCNCc1ccc(CCCC(=O)OC/C=C\CCCCCC)cc1. The number of rotatable bonds is 25. The van der Waals surface area contributed by atoms with E-state index in [4.69, 9.17) is 9.47 Å². The first-order valence-electron chi connectivity index (χ1n) is 15.6. The molecule has 5 nitrogen and oxygen atoms in total. The molecule has 0 bridgehead atoms. The number of esters is 2. The van der Waals surface area contributed by atoms with Crippen LogP contribution in [0.4, 0.5) is 0 Å². The van der Waals surface area contributed by atoms with Gasteiger partial charge in [0, 0.05) is 19.4 Å². The number of benzene rings is 1. The summed E-state index contributed by atoms with van der Waals surface area (Å²) in [6, 6.07) is 8.67. The Balaban J connectivity index is 1.97. The molecule has 0 fully saturated rings. The summed E-state index contributed by atoms with van der Waals surface area (Å²) in [6.45, 7) is 7.02. The molecule has 0 unspecified atom stereocenters. The molecule has 1 rings (SSSR count). The highest BCUT2D eigenvalue weighted by molar-refractivity contribution is 5.69. The molecule has 0 aromatic heterocycles. The van der Waals surface area contributed by atoms with Crippen LogP contribution in [0.3, 0.4) is 0 Å². The van der Waals surface area contributed by atoms with Crippen molar-refractivity contribution in [3.05, 3.63) is 59.7 Å². The van der Waals surface area contributed by atoms with Crippen LogP contribution in [-0.2, 0) is 32.0 Å². The Labute approximate surface area is 238 Å². The van der Waals surface area contributed by atoms with Crippen molar-refractivity contribution in [1.29, 1.82) is 0 Å². The van der Waals surface area contributed by atoms with Crippen LogP contribution in [0, 0.1) is 0 Å². The molecule has 220 valence electrons. The van der Waals surface area contributed by atoms with Crippen LogP contribution >= 0.6 is 0 Å². The van der Waals surface area contributed by atoms with Gasteiger partial charge in [-0.1, -0.05) is 107 Å². The third kappa shape index (κ3) is 22.1. The van der Waals surface area contributed by atoms with Gasteiger partial charge >= 0.3 is 11.9 Å². The van der Waals surface area contributed by atoms with E-state index in [2.05, 4.69) is 55.6 Å². The van der Waals surface area contributed by atoms with Crippen molar-refractivity contribution in [1.82, 2.24) is 5.32 Å². The Morgan fingerprint density at radius 2 is 1.23 bits per heavy atom. The summed E-state index contributed by atoms with van der Waals surface area (Å²) in [7, 11) is 0. The van der Waals surface area contributed by atoms with E-state index in [1.54, 1.807) is 0 Å². The van der Waals surface area contributed by atoms with Gasteiger partial charge in [0.25, 0.3) is 0 Å². The minimum Gasteiger partial charge on any atom is -0.461 e. The molecule has 1 aromatic rings. The van der Waals surface area contributed by atoms with Crippen molar-refractivity contribution in [2.24, 2.45) is 0 Å². The minimum absolute atomic E-state index is 0.0851. The second kappa shape index (κ2) is 25.9. The van der Waals surface area contributed by atoms with Crippen LogP contribution in [0.2, 0.25) is 0 Å². The van der Waals surface area contributed by atoms with Crippen LogP contribution in [-0.4, -0.2) is 31.7 Å². The van der Waals surface area contributed by atoms with E-state index in [1.807, 2.05) is 12.2 Å². The molecule has 0 heterocycles. The lowest BCUT2D eigenvalue weighted by molar-refractivity contribution is -0.143. The molecule has 0 aliphatic rings. The van der Waals surface area contributed by atoms with Gasteiger partial charge in [-0.25, -0.2) is 0 Å². The van der Waals surface area contributed by atoms with Gasteiger partial charge in [-0.2, -0.15) is 0 Å². The molecule has 1 N–H and O–H groups in total. The molecule has 0 aliphatic heterocycles. The first kappa shape index (κ1) is 34.6. The molecule has 0 saturated heterocycles. The van der Waals surface area contributed by atoms with Crippen LogP contribution in [0.15, 0.2) is 48.6 Å². The predicted molar refractivity (Wildman–Crippen MR) is 163 cm³/mol. The van der Waals surface area contributed by atoms with Crippen molar-refractivity contribution < 1.29 is 19.1 Å². The predicted octanol–water partition coefficient (Wildman–Crippen LogP) is 8.41. The quantitative estimate of drug-likeness (QED) is 0.0765. The van der Waals surface area contributed by atoms with Crippen molar-refractivity contribution in [2.75, 3.05) is 19.8 Å². The van der Waals surface area contributed by atoms with Gasteiger partial charge in [0.05, 0.1) is 0 Å².